The lowest BCUT2D eigenvalue weighted by Gasteiger charge is -2.29. The van der Waals surface area contributed by atoms with Gasteiger partial charge >= 0.3 is 0 Å². The highest BCUT2D eigenvalue weighted by Gasteiger charge is 2.27. The fourth-order valence-electron chi connectivity index (χ4n) is 2.69. The zero-order valence-electron chi connectivity index (χ0n) is 16.5. The summed E-state index contributed by atoms with van der Waals surface area (Å²) in [4.78, 5) is 26.8. The van der Waals surface area contributed by atoms with Crippen molar-refractivity contribution in [2.45, 2.75) is 33.4 Å². The summed E-state index contributed by atoms with van der Waals surface area (Å²) in [6, 6.07) is 9.87. The number of rotatable bonds is 8. The summed E-state index contributed by atoms with van der Waals surface area (Å²) in [5, 5.41) is 3.60. The van der Waals surface area contributed by atoms with Crippen LogP contribution in [0.3, 0.4) is 0 Å². The number of aryl methyl sites for hydroxylation is 1. The number of carbonyl (C=O) groups excluding carboxylic acids is 2. The molecule has 2 aromatic carbocycles. The Morgan fingerprint density at radius 1 is 1.21 bits per heavy atom. The van der Waals surface area contributed by atoms with Gasteiger partial charge in [0.2, 0.25) is 5.91 Å². The van der Waals surface area contributed by atoms with Gasteiger partial charge in [0.25, 0.3) is 5.91 Å². The molecule has 0 spiro atoms. The SMILES string of the molecule is CCNC(=O)[C@H](C)N(Cc1c(Cl)cccc1Cl)C(=O)COc1ccc(Br)c(C)c1. The monoisotopic (exact) mass is 500 g/mol. The summed E-state index contributed by atoms with van der Waals surface area (Å²) in [7, 11) is 0. The molecule has 8 heteroatoms. The van der Waals surface area contributed by atoms with Crippen LogP contribution in [0, 0.1) is 6.92 Å². The topological polar surface area (TPSA) is 58.6 Å². The van der Waals surface area contributed by atoms with E-state index in [1.165, 1.54) is 4.90 Å². The maximum Gasteiger partial charge on any atom is 0.261 e. The number of hydrogen-bond donors (Lipinski definition) is 1. The summed E-state index contributed by atoms with van der Waals surface area (Å²) >= 11 is 16.0. The molecule has 0 radical (unpaired) electrons. The fourth-order valence-corrected chi connectivity index (χ4v) is 3.46. The Kier molecular flexibility index (Phi) is 8.80. The highest BCUT2D eigenvalue weighted by Crippen LogP contribution is 2.27. The summed E-state index contributed by atoms with van der Waals surface area (Å²) in [5.41, 5.74) is 1.57. The number of hydrogen-bond acceptors (Lipinski definition) is 3. The molecular formula is C21H23BrCl2N2O3. The molecule has 1 atom stereocenters. The van der Waals surface area contributed by atoms with Gasteiger partial charge in [-0.3, -0.25) is 9.59 Å². The number of amides is 2. The van der Waals surface area contributed by atoms with Crippen LogP contribution >= 0.6 is 39.1 Å². The van der Waals surface area contributed by atoms with Gasteiger partial charge in [0.15, 0.2) is 6.61 Å². The largest absolute Gasteiger partial charge is 0.484 e. The van der Waals surface area contributed by atoms with Crippen molar-refractivity contribution in [1.82, 2.24) is 10.2 Å². The minimum absolute atomic E-state index is 0.0956. The fraction of sp³-hybridized carbons (Fsp3) is 0.333. The lowest BCUT2D eigenvalue weighted by molar-refractivity contribution is -0.142. The molecule has 2 amide bonds. The van der Waals surface area contributed by atoms with Gasteiger partial charge in [0.05, 0.1) is 0 Å². The molecule has 0 fully saturated rings. The van der Waals surface area contributed by atoms with Gasteiger partial charge in [0.1, 0.15) is 11.8 Å². The molecular weight excluding hydrogens is 479 g/mol. The first-order valence-electron chi connectivity index (χ1n) is 9.13. The second kappa shape index (κ2) is 10.9. The zero-order chi connectivity index (χ0) is 21.6. The van der Waals surface area contributed by atoms with Gasteiger partial charge in [-0.05, 0) is 56.7 Å². The van der Waals surface area contributed by atoms with E-state index >= 15 is 0 Å². The van der Waals surface area contributed by atoms with Crippen LogP contribution in [0.5, 0.6) is 5.75 Å². The molecule has 156 valence electrons. The Hall–Kier alpha value is -1.76. The van der Waals surface area contributed by atoms with Crippen molar-refractivity contribution in [3.63, 3.8) is 0 Å². The molecule has 0 heterocycles. The number of benzene rings is 2. The number of nitrogens with one attached hydrogen (secondary N) is 1. The van der Waals surface area contributed by atoms with E-state index in [4.69, 9.17) is 27.9 Å². The van der Waals surface area contributed by atoms with Crippen LogP contribution in [-0.4, -0.2) is 35.9 Å². The first-order valence-corrected chi connectivity index (χ1v) is 10.7. The van der Waals surface area contributed by atoms with Gasteiger partial charge in [-0.1, -0.05) is 45.2 Å². The third kappa shape index (κ3) is 6.36. The molecule has 5 nitrogen and oxygen atoms in total. The highest BCUT2D eigenvalue weighted by molar-refractivity contribution is 9.10. The molecule has 0 aliphatic carbocycles. The van der Waals surface area contributed by atoms with E-state index in [2.05, 4.69) is 21.2 Å². The Morgan fingerprint density at radius 2 is 1.86 bits per heavy atom. The quantitative estimate of drug-likeness (QED) is 0.553. The Morgan fingerprint density at radius 3 is 2.45 bits per heavy atom. The van der Waals surface area contributed by atoms with Gasteiger partial charge in [-0.15, -0.1) is 0 Å². The van der Waals surface area contributed by atoms with Crippen molar-refractivity contribution < 1.29 is 14.3 Å². The van der Waals surface area contributed by atoms with Crippen molar-refractivity contribution in [1.29, 1.82) is 0 Å². The van der Waals surface area contributed by atoms with Crippen molar-refractivity contribution in [3.8, 4) is 5.75 Å². The van der Waals surface area contributed by atoms with Crippen LogP contribution in [0.15, 0.2) is 40.9 Å². The second-order valence-corrected chi connectivity index (χ2v) is 8.16. The number of ether oxygens (including phenoxy) is 1. The third-order valence-electron chi connectivity index (χ3n) is 4.40. The molecule has 2 rings (SSSR count). The number of nitrogens with zero attached hydrogens (tertiary/aromatic N) is 1. The zero-order valence-corrected chi connectivity index (χ0v) is 19.6. The van der Waals surface area contributed by atoms with Crippen molar-refractivity contribution in [2.75, 3.05) is 13.2 Å². The Bertz CT molecular complexity index is 872. The van der Waals surface area contributed by atoms with Crippen LogP contribution in [0.4, 0.5) is 0 Å². The second-order valence-electron chi connectivity index (χ2n) is 6.49. The van der Waals surface area contributed by atoms with Gasteiger partial charge < -0.3 is 15.0 Å². The molecule has 0 saturated heterocycles. The number of carbonyl (C=O) groups is 2. The normalized spacial score (nSPS) is 11.7. The van der Waals surface area contributed by atoms with Crippen molar-refractivity contribution in [3.05, 3.63) is 62.0 Å². The maximum absolute atomic E-state index is 13.0. The summed E-state index contributed by atoms with van der Waals surface area (Å²) in [6.45, 7) is 5.76. The summed E-state index contributed by atoms with van der Waals surface area (Å²) in [6.07, 6.45) is 0. The molecule has 2 aromatic rings. The van der Waals surface area contributed by atoms with Crippen molar-refractivity contribution >= 4 is 50.9 Å². The van der Waals surface area contributed by atoms with Crippen LogP contribution in [0.2, 0.25) is 10.0 Å². The molecule has 0 aliphatic rings. The van der Waals surface area contributed by atoms with Crippen LogP contribution in [-0.2, 0) is 16.1 Å². The minimum Gasteiger partial charge on any atom is -0.484 e. The van der Waals surface area contributed by atoms with Crippen LogP contribution < -0.4 is 10.1 Å². The van der Waals surface area contributed by atoms with Crippen LogP contribution in [0.1, 0.15) is 25.0 Å². The van der Waals surface area contributed by atoms with E-state index in [9.17, 15) is 9.59 Å². The number of halogens is 3. The standard InChI is InChI=1S/C21H23BrCl2N2O3/c1-4-25-21(28)14(3)26(11-16-18(23)6-5-7-19(16)24)20(27)12-29-15-8-9-17(22)13(2)10-15/h5-10,14H,4,11-12H2,1-3H3,(H,25,28)/t14-/m0/s1. The van der Waals surface area contributed by atoms with Gasteiger partial charge in [-0.25, -0.2) is 0 Å². The lowest BCUT2D eigenvalue weighted by atomic mass is 10.1. The Balaban J connectivity index is 2.22. The van der Waals surface area contributed by atoms with E-state index < -0.39 is 6.04 Å². The minimum atomic E-state index is -0.718. The number of likely N-dealkylation sites (N-methyl/N-ethyl adjacent to an activating group) is 1. The van der Waals surface area contributed by atoms with E-state index in [0.717, 1.165) is 10.0 Å². The average Bonchev–Trinajstić information content (AvgIpc) is 2.68. The van der Waals surface area contributed by atoms with E-state index in [1.54, 1.807) is 31.2 Å². The molecule has 0 unspecified atom stereocenters. The van der Waals surface area contributed by atoms with Crippen molar-refractivity contribution in [2.24, 2.45) is 0 Å². The Labute approximate surface area is 189 Å². The predicted molar refractivity (Wildman–Crippen MR) is 120 cm³/mol. The summed E-state index contributed by atoms with van der Waals surface area (Å²) in [5.74, 6) is -0.0377. The first kappa shape index (κ1) is 23.5. The molecule has 1 N–H and O–H groups in total. The average molecular weight is 502 g/mol. The molecule has 0 saturated carbocycles. The smallest absolute Gasteiger partial charge is 0.261 e. The third-order valence-corrected chi connectivity index (χ3v) is 6.00. The van der Waals surface area contributed by atoms with Gasteiger partial charge in [-0.2, -0.15) is 0 Å². The molecule has 0 aliphatic heterocycles. The van der Waals surface area contributed by atoms with E-state index in [0.29, 0.717) is 27.9 Å². The molecule has 29 heavy (non-hydrogen) atoms. The highest BCUT2D eigenvalue weighted by atomic mass is 79.9. The first-order chi connectivity index (χ1) is 13.7. The van der Waals surface area contributed by atoms with E-state index in [-0.39, 0.29) is 25.0 Å². The summed E-state index contributed by atoms with van der Waals surface area (Å²) < 4.78 is 6.62. The molecule has 0 aromatic heterocycles. The van der Waals surface area contributed by atoms with Crippen LogP contribution in [0.25, 0.3) is 0 Å². The predicted octanol–water partition coefficient (Wildman–Crippen LogP) is 5.00. The molecule has 0 bridgehead atoms. The lowest BCUT2D eigenvalue weighted by Crippen LogP contribution is -2.49. The van der Waals surface area contributed by atoms with E-state index in [1.807, 2.05) is 26.0 Å². The maximum atomic E-state index is 13.0. The van der Waals surface area contributed by atoms with Gasteiger partial charge in [0, 0.05) is 33.2 Å².